The number of amides is 1. The number of likely N-dealkylation sites (tertiary alicyclic amines) is 1. The molecular formula is C10H17F3N2O2. The molecule has 3 N–H and O–H groups in total. The molecule has 0 aromatic rings. The van der Waals surface area contributed by atoms with Crippen molar-refractivity contribution >= 4 is 5.91 Å². The van der Waals surface area contributed by atoms with Crippen LogP contribution in [0.1, 0.15) is 20.3 Å². The molecule has 0 aromatic carbocycles. The Kier molecular flexibility index (Phi) is 3.73. The molecule has 1 fully saturated rings. The van der Waals surface area contributed by atoms with Gasteiger partial charge in [-0.15, -0.1) is 0 Å². The number of hydrogen-bond acceptors (Lipinski definition) is 3. The summed E-state index contributed by atoms with van der Waals surface area (Å²) in [5, 5.41) is 9.11. The van der Waals surface area contributed by atoms with E-state index in [-0.39, 0.29) is 19.1 Å². The van der Waals surface area contributed by atoms with Crippen molar-refractivity contribution < 1.29 is 23.1 Å². The van der Waals surface area contributed by atoms with E-state index in [0.29, 0.717) is 13.3 Å². The highest BCUT2D eigenvalue weighted by Crippen LogP contribution is 2.33. The van der Waals surface area contributed by atoms with Crippen LogP contribution in [0.5, 0.6) is 0 Å². The molecule has 0 spiro atoms. The Balaban J connectivity index is 2.91. The molecule has 1 rings (SSSR count). The Labute approximate surface area is 97.6 Å². The van der Waals surface area contributed by atoms with Crippen LogP contribution in [-0.4, -0.2) is 46.8 Å². The zero-order chi connectivity index (χ0) is 13.4. The smallest absolute Gasteiger partial charge is 0.394 e. The third-order valence-electron chi connectivity index (χ3n) is 3.36. The second kappa shape index (κ2) is 4.45. The monoisotopic (exact) mass is 254 g/mol. The van der Waals surface area contributed by atoms with E-state index in [1.807, 2.05) is 0 Å². The summed E-state index contributed by atoms with van der Waals surface area (Å²) < 4.78 is 37.9. The van der Waals surface area contributed by atoms with E-state index < -0.39 is 23.7 Å². The minimum Gasteiger partial charge on any atom is -0.394 e. The third-order valence-corrected chi connectivity index (χ3v) is 3.36. The van der Waals surface area contributed by atoms with E-state index in [2.05, 4.69) is 0 Å². The summed E-state index contributed by atoms with van der Waals surface area (Å²) in [5.41, 5.74) is 2.18. The highest BCUT2D eigenvalue weighted by molar-refractivity contribution is 5.87. The molecule has 3 atom stereocenters. The maximum Gasteiger partial charge on any atom is 0.415 e. The lowest BCUT2D eigenvalue weighted by Crippen LogP contribution is -2.63. The molecule has 0 aliphatic carbocycles. The van der Waals surface area contributed by atoms with Crippen molar-refractivity contribution in [3.05, 3.63) is 0 Å². The molecule has 0 saturated carbocycles. The van der Waals surface area contributed by atoms with E-state index in [4.69, 9.17) is 10.8 Å². The van der Waals surface area contributed by atoms with Gasteiger partial charge in [-0.1, -0.05) is 6.92 Å². The van der Waals surface area contributed by atoms with Crippen molar-refractivity contribution in [3.8, 4) is 0 Å². The van der Waals surface area contributed by atoms with Crippen LogP contribution in [0.25, 0.3) is 0 Å². The van der Waals surface area contributed by atoms with Gasteiger partial charge in [0.25, 0.3) is 5.91 Å². The number of nitrogens with zero attached hydrogens (tertiary/aromatic N) is 1. The molecule has 100 valence electrons. The van der Waals surface area contributed by atoms with Gasteiger partial charge in [0.05, 0.1) is 12.6 Å². The van der Waals surface area contributed by atoms with Crippen LogP contribution in [0, 0.1) is 5.92 Å². The van der Waals surface area contributed by atoms with Gasteiger partial charge in [0, 0.05) is 6.54 Å². The third kappa shape index (κ3) is 2.40. The van der Waals surface area contributed by atoms with Crippen LogP contribution in [-0.2, 0) is 4.79 Å². The lowest BCUT2D eigenvalue weighted by atomic mass is 9.99. The lowest BCUT2D eigenvalue weighted by Gasteiger charge is -2.34. The fourth-order valence-electron chi connectivity index (χ4n) is 1.96. The van der Waals surface area contributed by atoms with Crippen LogP contribution in [0.15, 0.2) is 0 Å². The minimum atomic E-state index is -4.80. The second-order valence-corrected chi connectivity index (χ2v) is 4.71. The molecule has 17 heavy (non-hydrogen) atoms. The topological polar surface area (TPSA) is 66.6 Å². The Morgan fingerprint density at radius 2 is 2.06 bits per heavy atom. The zero-order valence-electron chi connectivity index (χ0n) is 9.79. The van der Waals surface area contributed by atoms with Gasteiger partial charge in [0.2, 0.25) is 0 Å². The summed E-state index contributed by atoms with van der Waals surface area (Å²) in [4.78, 5) is 12.8. The van der Waals surface area contributed by atoms with Crippen molar-refractivity contribution in [3.63, 3.8) is 0 Å². The van der Waals surface area contributed by atoms with Crippen molar-refractivity contribution in [1.82, 2.24) is 4.90 Å². The molecule has 1 aliphatic rings. The fraction of sp³-hybridized carbons (Fsp3) is 0.900. The normalized spacial score (nSPS) is 29.2. The van der Waals surface area contributed by atoms with Gasteiger partial charge in [-0.05, 0) is 19.3 Å². The van der Waals surface area contributed by atoms with Gasteiger partial charge in [0.1, 0.15) is 0 Å². The first-order valence-electron chi connectivity index (χ1n) is 5.40. The fourth-order valence-corrected chi connectivity index (χ4v) is 1.96. The molecule has 7 heteroatoms. The van der Waals surface area contributed by atoms with Gasteiger partial charge in [0.15, 0.2) is 5.54 Å². The molecule has 1 saturated heterocycles. The Morgan fingerprint density at radius 1 is 1.53 bits per heavy atom. The van der Waals surface area contributed by atoms with Gasteiger partial charge in [-0.25, -0.2) is 0 Å². The minimum absolute atomic E-state index is 0.0204. The summed E-state index contributed by atoms with van der Waals surface area (Å²) in [6, 6.07) is -0.576. The Morgan fingerprint density at radius 3 is 2.47 bits per heavy atom. The van der Waals surface area contributed by atoms with E-state index in [1.165, 1.54) is 0 Å². The molecule has 0 radical (unpaired) electrons. The molecule has 1 heterocycles. The van der Waals surface area contributed by atoms with E-state index >= 15 is 0 Å². The SMILES string of the molecule is CC1CCN(C(=O)C(C)(N)C(F)(F)F)C1CO. The quantitative estimate of drug-likeness (QED) is 0.754. The summed E-state index contributed by atoms with van der Waals surface area (Å²) in [6.45, 7) is 2.30. The highest BCUT2D eigenvalue weighted by atomic mass is 19.4. The second-order valence-electron chi connectivity index (χ2n) is 4.71. The average Bonchev–Trinajstić information content (AvgIpc) is 2.56. The largest absolute Gasteiger partial charge is 0.415 e. The maximum absolute atomic E-state index is 12.6. The highest BCUT2D eigenvalue weighted by Gasteiger charge is 2.56. The standard InChI is InChI=1S/C10H17F3N2O2/c1-6-3-4-15(7(6)5-16)8(17)9(2,14)10(11,12)13/h6-7,16H,3-5,14H2,1-2H3. The molecule has 1 amide bonds. The first kappa shape index (κ1) is 14.2. The number of carbonyl (C=O) groups excluding carboxylic acids is 1. The van der Waals surface area contributed by atoms with E-state index in [9.17, 15) is 18.0 Å². The van der Waals surface area contributed by atoms with E-state index in [1.54, 1.807) is 6.92 Å². The maximum atomic E-state index is 12.6. The number of aliphatic hydroxyl groups is 1. The van der Waals surface area contributed by atoms with Crippen molar-refractivity contribution in [1.29, 1.82) is 0 Å². The first-order chi connectivity index (χ1) is 7.63. The average molecular weight is 254 g/mol. The zero-order valence-corrected chi connectivity index (χ0v) is 9.79. The number of halogens is 3. The molecule has 0 bridgehead atoms. The van der Waals surface area contributed by atoms with Gasteiger partial charge < -0.3 is 15.7 Å². The number of carbonyl (C=O) groups is 1. The van der Waals surface area contributed by atoms with E-state index in [0.717, 1.165) is 4.90 Å². The molecular weight excluding hydrogens is 237 g/mol. The van der Waals surface area contributed by atoms with Crippen LogP contribution in [0.2, 0.25) is 0 Å². The number of hydrogen-bond donors (Lipinski definition) is 2. The predicted molar refractivity (Wildman–Crippen MR) is 55.0 cm³/mol. The van der Waals surface area contributed by atoms with Gasteiger partial charge in [-0.3, -0.25) is 4.79 Å². The number of nitrogens with two attached hydrogens (primary N) is 1. The number of rotatable bonds is 2. The van der Waals surface area contributed by atoms with Crippen molar-refractivity contribution in [2.45, 2.75) is 38.0 Å². The molecule has 1 aliphatic heterocycles. The van der Waals surface area contributed by atoms with Gasteiger partial charge in [-0.2, -0.15) is 13.2 Å². The Bertz CT molecular complexity index is 304. The molecule has 3 unspecified atom stereocenters. The lowest BCUT2D eigenvalue weighted by molar-refractivity contribution is -0.194. The summed E-state index contributed by atoms with van der Waals surface area (Å²) in [6.07, 6.45) is -4.22. The summed E-state index contributed by atoms with van der Waals surface area (Å²) >= 11 is 0. The van der Waals surface area contributed by atoms with Crippen molar-refractivity contribution in [2.24, 2.45) is 11.7 Å². The summed E-state index contributed by atoms with van der Waals surface area (Å²) in [7, 11) is 0. The van der Waals surface area contributed by atoms with Crippen LogP contribution < -0.4 is 5.73 Å². The van der Waals surface area contributed by atoms with Crippen LogP contribution >= 0.6 is 0 Å². The van der Waals surface area contributed by atoms with Crippen LogP contribution in [0.4, 0.5) is 13.2 Å². The number of alkyl halides is 3. The van der Waals surface area contributed by atoms with Crippen LogP contribution in [0.3, 0.4) is 0 Å². The molecule has 0 aromatic heterocycles. The summed E-state index contributed by atoms with van der Waals surface area (Å²) in [5.74, 6) is -1.19. The first-order valence-corrected chi connectivity index (χ1v) is 5.40. The molecule has 4 nitrogen and oxygen atoms in total. The number of aliphatic hydroxyl groups excluding tert-OH is 1. The predicted octanol–water partition coefficient (Wildman–Crippen LogP) is 0.495. The van der Waals surface area contributed by atoms with Crippen molar-refractivity contribution in [2.75, 3.05) is 13.2 Å². The Hall–Kier alpha value is -0.820. The van der Waals surface area contributed by atoms with Gasteiger partial charge >= 0.3 is 6.18 Å².